The molecular formula is C16H18BrNO2. The molecule has 0 aromatic heterocycles. The zero-order valence-corrected chi connectivity index (χ0v) is 13.2. The first-order valence-electron chi connectivity index (χ1n) is 6.41. The highest BCUT2D eigenvalue weighted by molar-refractivity contribution is 9.10. The number of hydrogen-bond donors (Lipinski definition) is 1. The Morgan fingerprint density at radius 1 is 1.10 bits per heavy atom. The summed E-state index contributed by atoms with van der Waals surface area (Å²) in [7, 11) is 1.65. The van der Waals surface area contributed by atoms with E-state index in [1.165, 1.54) is 0 Å². The van der Waals surface area contributed by atoms with E-state index >= 15 is 0 Å². The number of methoxy groups -OCH3 is 1. The second kappa shape index (κ2) is 6.77. The minimum Gasteiger partial charge on any atom is -0.497 e. The van der Waals surface area contributed by atoms with Gasteiger partial charge in [0.15, 0.2) is 0 Å². The van der Waals surface area contributed by atoms with Gasteiger partial charge in [-0.3, -0.25) is 0 Å². The lowest BCUT2D eigenvalue weighted by Crippen LogP contribution is -2.18. The second-order valence-electron chi connectivity index (χ2n) is 4.53. The van der Waals surface area contributed by atoms with Gasteiger partial charge in [0, 0.05) is 11.0 Å². The maximum absolute atomic E-state index is 5.97. The van der Waals surface area contributed by atoms with Gasteiger partial charge in [-0.1, -0.05) is 28.1 Å². The van der Waals surface area contributed by atoms with Crippen molar-refractivity contribution in [1.29, 1.82) is 0 Å². The third kappa shape index (κ3) is 3.52. The molecule has 0 amide bonds. The first kappa shape index (κ1) is 14.9. The molecule has 0 saturated carbocycles. The van der Waals surface area contributed by atoms with E-state index in [2.05, 4.69) is 15.9 Å². The van der Waals surface area contributed by atoms with Crippen LogP contribution in [0.1, 0.15) is 17.2 Å². The zero-order chi connectivity index (χ0) is 14.5. The SMILES string of the molecule is COc1ccc(C(CN)Oc2ccc(Br)c(C)c2)cc1. The molecule has 106 valence electrons. The Hall–Kier alpha value is -1.52. The summed E-state index contributed by atoms with van der Waals surface area (Å²) < 4.78 is 12.2. The Morgan fingerprint density at radius 3 is 2.30 bits per heavy atom. The van der Waals surface area contributed by atoms with Crippen molar-refractivity contribution in [3.05, 3.63) is 58.1 Å². The van der Waals surface area contributed by atoms with E-state index in [-0.39, 0.29) is 6.10 Å². The summed E-state index contributed by atoms with van der Waals surface area (Å²) in [5.41, 5.74) is 7.99. The van der Waals surface area contributed by atoms with Crippen molar-refractivity contribution < 1.29 is 9.47 Å². The molecule has 0 spiro atoms. The molecule has 3 nitrogen and oxygen atoms in total. The highest BCUT2D eigenvalue weighted by atomic mass is 79.9. The Labute approximate surface area is 127 Å². The molecule has 2 aromatic carbocycles. The van der Waals surface area contributed by atoms with E-state index in [0.29, 0.717) is 6.54 Å². The van der Waals surface area contributed by atoms with Crippen LogP contribution in [0.4, 0.5) is 0 Å². The van der Waals surface area contributed by atoms with E-state index < -0.39 is 0 Å². The van der Waals surface area contributed by atoms with Crippen LogP contribution in [0, 0.1) is 6.92 Å². The van der Waals surface area contributed by atoms with Crippen molar-refractivity contribution in [2.24, 2.45) is 5.73 Å². The fraction of sp³-hybridized carbons (Fsp3) is 0.250. The molecule has 2 aromatic rings. The van der Waals surface area contributed by atoms with Gasteiger partial charge in [-0.2, -0.15) is 0 Å². The molecule has 0 fully saturated rings. The Bertz CT molecular complexity index is 569. The first-order valence-corrected chi connectivity index (χ1v) is 7.20. The Morgan fingerprint density at radius 2 is 1.75 bits per heavy atom. The second-order valence-corrected chi connectivity index (χ2v) is 5.38. The van der Waals surface area contributed by atoms with Crippen LogP contribution in [-0.2, 0) is 0 Å². The van der Waals surface area contributed by atoms with Crippen molar-refractivity contribution in [2.45, 2.75) is 13.0 Å². The van der Waals surface area contributed by atoms with E-state index in [1.54, 1.807) is 7.11 Å². The molecule has 0 bridgehead atoms. The quantitative estimate of drug-likeness (QED) is 0.902. The van der Waals surface area contributed by atoms with Gasteiger partial charge in [0.1, 0.15) is 17.6 Å². The zero-order valence-electron chi connectivity index (χ0n) is 11.6. The van der Waals surface area contributed by atoms with Crippen molar-refractivity contribution in [2.75, 3.05) is 13.7 Å². The summed E-state index contributed by atoms with van der Waals surface area (Å²) in [4.78, 5) is 0. The van der Waals surface area contributed by atoms with Gasteiger partial charge in [0.2, 0.25) is 0 Å². The van der Waals surface area contributed by atoms with E-state index in [0.717, 1.165) is 27.1 Å². The standard InChI is InChI=1S/C16H18BrNO2/c1-11-9-14(7-8-15(11)17)20-16(10-18)12-3-5-13(19-2)6-4-12/h3-9,16H,10,18H2,1-2H3. The molecule has 0 aliphatic carbocycles. The van der Waals surface area contributed by atoms with Crippen LogP contribution in [0.3, 0.4) is 0 Å². The van der Waals surface area contributed by atoms with Crippen LogP contribution in [0.25, 0.3) is 0 Å². The molecule has 4 heteroatoms. The van der Waals surface area contributed by atoms with E-state index in [1.807, 2.05) is 49.4 Å². The minimum absolute atomic E-state index is 0.165. The predicted molar refractivity (Wildman–Crippen MR) is 84.3 cm³/mol. The van der Waals surface area contributed by atoms with E-state index in [9.17, 15) is 0 Å². The molecule has 0 saturated heterocycles. The Kier molecular flexibility index (Phi) is 5.04. The third-order valence-corrected chi connectivity index (χ3v) is 4.00. The summed E-state index contributed by atoms with van der Waals surface area (Å²) >= 11 is 3.48. The number of halogens is 1. The number of aryl methyl sites for hydroxylation is 1. The molecule has 1 unspecified atom stereocenters. The largest absolute Gasteiger partial charge is 0.497 e. The highest BCUT2D eigenvalue weighted by Crippen LogP contribution is 2.26. The molecule has 20 heavy (non-hydrogen) atoms. The number of benzene rings is 2. The summed E-state index contributed by atoms with van der Waals surface area (Å²) in [6.07, 6.45) is -0.165. The van der Waals surface area contributed by atoms with Crippen LogP contribution < -0.4 is 15.2 Å². The average molecular weight is 336 g/mol. The summed E-state index contributed by atoms with van der Waals surface area (Å²) in [6, 6.07) is 13.7. The van der Waals surface area contributed by atoms with Crippen molar-refractivity contribution in [3.8, 4) is 11.5 Å². The topological polar surface area (TPSA) is 44.5 Å². The minimum atomic E-state index is -0.165. The van der Waals surface area contributed by atoms with Crippen LogP contribution in [0.15, 0.2) is 46.9 Å². The molecule has 0 aliphatic rings. The average Bonchev–Trinajstić information content (AvgIpc) is 2.48. The molecule has 0 aliphatic heterocycles. The smallest absolute Gasteiger partial charge is 0.136 e. The number of rotatable bonds is 5. The maximum atomic E-state index is 5.97. The predicted octanol–water partition coefficient (Wildman–Crippen LogP) is 3.84. The van der Waals surface area contributed by atoms with Crippen molar-refractivity contribution in [3.63, 3.8) is 0 Å². The molecular weight excluding hydrogens is 318 g/mol. The first-order chi connectivity index (χ1) is 9.63. The summed E-state index contributed by atoms with van der Waals surface area (Å²) in [5, 5.41) is 0. The normalized spacial score (nSPS) is 12.0. The number of nitrogens with two attached hydrogens (primary N) is 1. The van der Waals surface area contributed by atoms with Crippen molar-refractivity contribution in [1.82, 2.24) is 0 Å². The van der Waals surface area contributed by atoms with Crippen molar-refractivity contribution >= 4 is 15.9 Å². The van der Waals surface area contributed by atoms with Crippen LogP contribution in [0.5, 0.6) is 11.5 Å². The highest BCUT2D eigenvalue weighted by Gasteiger charge is 2.12. The van der Waals surface area contributed by atoms with Gasteiger partial charge in [-0.05, 0) is 48.4 Å². The molecule has 2 rings (SSSR count). The van der Waals surface area contributed by atoms with Gasteiger partial charge in [-0.15, -0.1) is 0 Å². The van der Waals surface area contributed by atoms with Gasteiger partial charge >= 0.3 is 0 Å². The van der Waals surface area contributed by atoms with Crippen LogP contribution in [0.2, 0.25) is 0 Å². The maximum Gasteiger partial charge on any atom is 0.136 e. The fourth-order valence-electron chi connectivity index (χ4n) is 1.93. The number of hydrogen-bond acceptors (Lipinski definition) is 3. The van der Waals surface area contributed by atoms with Gasteiger partial charge in [0.05, 0.1) is 7.11 Å². The molecule has 2 N–H and O–H groups in total. The van der Waals surface area contributed by atoms with E-state index in [4.69, 9.17) is 15.2 Å². The van der Waals surface area contributed by atoms with Crippen LogP contribution in [-0.4, -0.2) is 13.7 Å². The molecule has 0 radical (unpaired) electrons. The molecule has 0 heterocycles. The monoisotopic (exact) mass is 335 g/mol. The molecule has 1 atom stereocenters. The Balaban J connectivity index is 2.16. The summed E-state index contributed by atoms with van der Waals surface area (Å²) in [5.74, 6) is 1.64. The van der Waals surface area contributed by atoms with Gasteiger partial charge in [0.25, 0.3) is 0 Å². The lowest BCUT2D eigenvalue weighted by molar-refractivity contribution is 0.214. The van der Waals surface area contributed by atoms with Crippen LogP contribution >= 0.6 is 15.9 Å². The number of ether oxygens (including phenoxy) is 2. The van der Waals surface area contributed by atoms with Gasteiger partial charge in [-0.25, -0.2) is 0 Å². The lowest BCUT2D eigenvalue weighted by atomic mass is 10.1. The fourth-order valence-corrected chi connectivity index (χ4v) is 2.17. The van der Waals surface area contributed by atoms with Gasteiger partial charge < -0.3 is 15.2 Å². The third-order valence-electron chi connectivity index (χ3n) is 3.11. The lowest BCUT2D eigenvalue weighted by Gasteiger charge is -2.18. The summed E-state index contributed by atoms with van der Waals surface area (Å²) in [6.45, 7) is 2.45.